The number of rotatable bonds is 2. The molecule has 2 aromatic heterocycles. The molecule has 0 aliphatic rings. The van der Waals surface area contributed by atoms with Gasteiger partial charge in [-0.3, -0.25) is 4.79 Å². The van der Waals surface area contributed by atoms with Gasteiger partial charge in [-0.25, -0.2) is 4.98 Å². The quantitative estimate of drug-likeness (QED) is 0.668. The van der Waals surface area contributed by atoms with E-state index in [1.54, 1.807) is 12.1 Å². The van der Waals surface area contributed by atoms with Crippen molar-refractivity contribution in [1.82, 2.24) is 15.0 Å². The van der Waals surface area contributed by atoms with Crippen molar-refractivity contribution in [1.29, 1.82) is 0 Å². The lowest BCUT2D eigenvalue weighted by Crippen LogP contribution is -2.04. The highest BCUT2D eigenvalue weighted by atomic mass is 16.1. The fourth-order valence-corrected chi connectivity index (χ4v) is 1.26. The summed E-state index contributed by atoms with van der Waals surface area (Å²) in [5.74, 6) is 0. The number of pyridine rings is 1. The first-order chi connectivity index (χ1) is 6.31. The normalized spacial score (nSPS) is 10.5. The molecule has 0 unspecified atom stereocenters. The van der Waals surface area contributed by atoms with Gasteiger partial charge < -0.3 is 9.97 Å². The Bertz CT molecular complexity index is 495. The Kier molecular flexibility index (Phi) is 1.73. The first kappa shape index (κ1) is 7.79. The fraction of sp³-hybridized carbons (Fsp3) is 0.111. The summed E-state index contributed by atoms with van der Waals surface area (Å²) >= 11 is 0. The number of fused-ring (bicyclic) bond motifs is 1. The van der Waals surface area contributed by atoms with Crippen LogP contribution in [0.25, 0.3) is 11.2 Å². The molecule has 0 saturated carbocycles. The molecule has 0 aromatic carbocycles. The average Bonchev–Trinajstić information content (AvgIpc) is 2.53. The molecule has 0 bridgehead atoms. The van der Waals surface area contributed by atoms with Gasteiger partial charge in [-0.2, -0.15) is 0 Å². The molecular formula is C9H9N3O. The lowest BCUT2D eigenvalue weighted by Gasteiger charge is -1.95. The van der Waals surface area contributed by atoms with Gasteiger partial charge in [0.15, 0.2) is 5.65 Å². The van der Waals surface area contributed by atoms with Gasteiger partial charge >= 0.3 is 0 Å². The van der Waals surface area contributed by atoms with Gasteiger partial charge in [0.2, 0.25) is 5.43 Å². The highest BCUT2D eigenvalue weighted by Gasteiger charge is 2.01. The van der Waals surface area contributed by atoms with Crippen LogP contribution in [0.5, 0.6) is 0 Å². The van der Waals surface area contributed by atoms with Crippen LogP contribution in [0.4, 0.5) is 0 Å². The molecule has 0 radical (unpaired) electrons. The van der Waals surface area contributed by atoms with E-state index < -0.39 is 0 Å². The van der Waals surface area contributed by atoms with Gasteiger partial charge in [-0.05, 0) is 0 Å². The summed E-state index contributed by atoms with van der Waals surface area (Å²) in [6.45, 7) is 3.60. The summed E-state index contributed by atoms with van der Waals surface area (Å²) < 4.78 is 0. The SMILES string of the molecule is C=CCc1cc(=O)c2[nH]cnc2[nH]1. The molecule has 0 fully saturated rings. The standard InChI is InChI=1S/C9H9N3O/c1-2-3-6-4-7(13)8-9(12-6)11-5-10-8/h2,4-5H,1,3H2,(H2,10,11,12,13). The Morgan fingerprint density at radius 1 is 1.62 bits per heavy atom. The van der Waals surface area contributed by atoms with E-state index in [0.29, 0.717) is 17.6 Å². The summed E-state index contributed by atoms with van der Waals surface area (Å²) in [6, 6.07) is 1.56. The minimum absolute atomic E-state index is 0.0388. The number of imidazole rings is 1. The Morgan fingerprint density at radius 2 is 2.46 bits per heavy atom. The molecule has 2 N–H and O–H groups in total. The van der Waals surface area contributed by atoms with E-state index in [2.05, 4.69) is 21.5 Å². The van der Waals surface area contributed by atoms with Crippen LogP contribution in [-0.4, -0.2) is 15.0 Å². The Balaban J connectivity index is 2.69. The highest BCUT2D eigenvalue weighted by Crippen LogP contribution is 2.02. The van der Waals surface area contributed by atoms with Crippen LogP contribution in [-0.2, 0) is 6.42 Å². The summed E-state index contributed by atoms with van der Waals surface area (Å²) in [6.07, 6.45) is 3.89. The van der Waals surface area contributed by atoms with E-state index in [1.807, 2.05) is 0 Å². The van der Waals surface area contributed by atoms with Crippen LogP contribution in [0.15, 0.2) is 29.8 Å². The van der Waals surface area contributed by atoms with Crippen molar-refractivity contribution in [3.8, 4) is 0 Å². The van der Waals surface area contributed by atoms with E-state index >= 15 is 0 Å². The molecule has 2 rings (SSSR count). The molecular weight excluding hydrogens is 166 g/mol. The molecule has 0 spiro atoms. The topological polar surface area (TPSA) is 61.5 Å². The lowest BCUT2D eigenvalue weighted by molar-refractivity contribution is 1.12. The summed E-state index contributed by atoms with van der Waals surface area (Å²) in [7, 11) is 0. The second-order valence-corrected chi connectivity index (χ2v) is 2.78. The van der Waals surface area contributed by atoms with Crippen molar-refractivity contribution in [2.24, 2.45) is 0 Å². The van der Waals surface area contributed by atoms with Crippen LogP contribution in [0.1, 0.15) is 5.69 Å². The third kappa shape index (κ3) is 1.26. The zero-order valence-corrected chi connectivity index (χ0v) is 7.00. The molecule has 0 aliphatic carbocycles. The van der Waals surface area contributed by atoms with Gasteiger partial charge in [0.1, 0.15) is 5.52 Å². The first-order valence-electron chi connectivity index (χ1n) is 3.97. The lowest BCUT2D eigenvalue weighted by atomic mass is 10.2. The maximum absolute atomic E-state index is 11.4. The zero-order chi connectivity index (χ0) is 9.26. The molecule has 66 valence electrons. The third-order valence-electron chi connectivity index (χ3n) is 1.83. The largest absolute Gasteiger partial charge is 0.341 e. The molecule has 2 heterocycles. The van der Waals surface area contributed by atoms with Crippen molar-refractivity contribution in [2.45, 2.75) is 6.42 Å². The number of aromatic amines is 2. The number of H-pyrrole nitrogens is 2. The molecule has 0 saturated heterocycles. The van der Waals surface area contributed by atoms with Crippen LogP contribution in [0.2, 0.25) is 0 Å². The monoisotopic (exact) mass is 175 g/mol. The molecule has 0 atom stereocenters. The third-order valence-corrected chi connectivity index (χ3v) is 1.83. The Morgan fingerprint density at radius 3 is 3.23 bits per heavy atom. The van der Waals surface area contributed by atoms with Crippen LogP contribution in [0.3, 0.4) is 0 Å². The molecule has 2 aromatic rings. The van der Waals surface area contributed by atoms with E-state index in [4.69, 9.17) is 0 Å². The predicted octanol–water partition coefficient (Wildman–Crippen LogP) is 0.980. The highest BCUT2D eigenvalue weighted by molar-refractivity contribution is 5.69. The molecule has 4 heteroatoms. The molecule has 13 heavy (non-hydrogen) atoms. The molecule has 0 aliphatic heterocycles. The van der Waals surface area contributed by atoms with Crippen molar-refractivity contribution in [3.05, 3.63) is 41.0 Å². The van der Waals surface area contributed by atoms with Crippen molar-refractivity contribution < 1.29 is 0 Å². The minimum atomic E-state index is -0.0388. The van der Waals surface area contributed by atoms with E-state index in [0.717, 1.165) is 5.69 Å². The molecule has 0 amide bonds. The average molecular weight is 175 g/mol. The fourth-order valence-electron chi connectivity index (χ4n) is 1.26. The second-order valence-electron chi connectivity index (χ2n) is 2.78. The summed E-state index contributed by atoms with van der Waals surface area (Å²) in [4.78, 5) is 21.2. The Hall–Kier alpha value is -1.84. The number of nitrogens with one attached hydrogen (secondary N) is 2. The van der Waals surface area contributed by atoms with Crippen LogP contribution in [0, 0.1) is 0 Å². The predicted molar refractivity (Wildman–Crippen MR) is 50.6 cm³/mol. The van der Waals surface area contributed by atoms with Crippen molar-refractivity contribution in [3.63, 3.8) is 0 Å². The Labute approximate surface area is 74.3 Å². The zero-order valence-electron chi connectivity index (χ0n) is 7.00. The van der Waals surface area contributed by atoms with E-state index in [1.165, 1.54) is 6.33 Å². The van der Waals surface area contributed by atoms with Gasteiger partial charge in [-0.1, -0.05) is 6.08 Å². The summed E-state index contributed by atoms with van der Waals surface area (Å²) in [5, 5.41) is 0. The van der Waals surface area contributed by atoms with Crippen molar-refractivity contribution in [2.75, 3.05) is 0 Å². The smallest absolute Gasteiger partial charge is 0.207 e. The number of nitrogens with zero attached hydrogens (tertiary/aromatic N) is 1. The number of hydrogen-bond donors (Lipinski definition) is 2. The summed E-state index contributed by atoms with van der Waals surface area (Å²) in [5.41, 5.74) is 1.92. The van der Waals surface area contributed by atoms with Gasteiger partial charge in [0, 0.05) is 18.2 Å². The van der Waals surface area contributed by atoms with Gasteiger partial charge in [0.25, 0.3) is 0 Å². The van der Waals surface area contributed by atoms with Crippen LogP contribution < -0.4 is 5.43 Å². The van der Waals surface area contributed by atoms with Crippen molar-refractivity contribution >= 4 is 11.2 Å². The van der Waals surface area contributed by atoms with Gasteiger partial charge in [0.05, 0.1) is 6.33 Å². The van der Waals surface area contributed by atoms with Gasteiger partial charge in [-0.15, -0.1) is 6.58 Å². The number of allylic oxidation sites excluding steroid dienone is 1. The van der Waals surface area contributed by atoms with E-state index in [-0.39, 0.29) is 5.43 Å². The maximum Gasteiger partial charge on any atom is 0.207 e. The van der Waals surface area contributed by atoms with Crippen LogP contribution >= 0.6 is 0 Å². The number of hydrogen-bond acceptors (Lipinski definition) is 2. The molecule has 4 nitrogen and oxygen atoms in total. The first-order valence-corrected chi connectivity index (χ1v) is 3.97. The second kappa shape index (κ2) is 2.90. The number of aromatic nitrogens is 3. The van der Waals surface area contributed by atoms with E-state index in [9.17, 15) is 4.79 Å². The minimum Gasteiger partial charge on any atom is -0.341 e. The maximum atomic E-state index is 11.4.